The molecular weight excluding hydrogens is 945 g/mol. The number of unbranched alkanes of at least 4 members (excludes halogenated alkanes) is 1. The molecule has 18 heteroatoms. The number of aromatic amines is 1. The quantitative estimate of drug-likeness (QED) is 0.0384. The van der Waals surface area contributed by atoms with Crippen molar-refractivity contribution in [2.24, 2.45) is 5.41 Å². The van der Waals surface area contributed by atoms with Gasteiger partial charge in [-0.3, -0.25) is 29.1 Å². The Hall–Kier alpha value is -6.76. The number of aliphatic hydroxyl groups excluding tert-OH is 1. The van der Waals surface area contributed by atoms with Crippen LogP contribution in [0.3, 0.4) is 0 Å². The van der Waals surface area contributed by atoms with Gasteiger partial charge in [0.25, 0.3) is 5.91 Å². The van der Waals surface area contributed by atoms with Crippen LogP contribution in [0.25, 0.3) is 10.4 Å². The number of carbonyl (C=O) groups is 6. The van der Waals surface area contributed by atoms with Crippen molar-refractivity contribution in [1.82, 2.24) is 51.1 Å². The van der Waals surface area contributed by atoms with E-state index in [1.165, 1.54) is 4.90 Å². The van der Waals surface area contributed by atoms with E-state index in [9.17, 15) is 33.9 Å². The van der Waals surface area contributed by atoms with Crippen molar-refractivity contribution < 1.29 is 33.9 Å². The minimum absolute atomic E-state index is 0.0309. The molecule has 4 heterocycles. The molecule has 3 aromatic carbocycles. The van der Waals surface area contributed by atoms with E-state index in [0.717, 1.165) is 32.8 Å². The molecule has 5 aromatic rings. The van der Waals surface area contributed by atoms with Crippen molar-refractivity contribution in [1.29, 1.82) is 0 Å². The highest BCUT2D eigenvalue weighted by Crippen LogP contribution is 2.39. The summed E-state index contributed by atoms with van der Waals surface area (Å²) in [4.78, 5) is 92.2. The van der Waals surface area contributed by atoms with E-state index in [2.05, 4.69) is 36.4 Å². The summed E-state index contributed by atoms with van der Waals surface area (Å²) in [5.41, 5.74) is 7.23. The topological polar surface area (TPSA) is 222 Å². The number of likely N-dealkylation sites (N-methyl/N-ethyl adjacent to an activating group) is 1. The first-order valence-electron chi connectivity index (χ1n) is 25.0. The van der Waals surface area contributed by atoms with Gasteiger partial charge in [-0.15, -0.1) is 11.3 Å². The summed E-state index contributed by atoms with van der Waals surface area (Å²) < 4.78 is 0. The number of hydrogen-bond donors (Lipinski definition) is 6. The Labute approximate surface area is 431 Å². The second-order valence-corrected chi connectivity index (χ2v) is 22.0. The summed E-state index contributed by atoms with van der Waals surface area (Å²) in [6.07, 6.45) is 0.248. The Bertz CT molecular complexity index is 2770. The van der Waals surface area contributed by atoms with E-state index in [-0.39, 0.29) is 74.0 Å². The highest BCUT2D eigenvalue weighted by atomic mass is 32.1. The van der Waals surface area contributed by atoms with Crippen LogP contribution in [0.4, 0.5) is 4.79 Å². The molecule has 0 aliphatic carbocycles. The van der Waals surface area contributed by atoms with Crippen LogP contribution in [0.1, 0.15) is 134 Å². The fourth-order valence-electron chi connectivity index (χ4n) is 9.58. The number of aromatic nitrogens is 3. The van der Waals surface area contributed by atoms with E-state index in [1.807, 2.05) is 128 Å². The lowest BCUT2D eigenvalue weighted by Gasteiger charge is -2.35. The molecule has 2 aromatic heterocycles. The number of fused-ring (bicyclic) bond motifs is 1. The Kier molecular flexibility index (Phi) is 17.0. The van der Waals surface area contributed by atoms with Crippen molar-refractivity contribution in [3.05, 3.63) is 129 Å². The second-order valence-electron chi connectivity index (χ2n) is 21.1. The number of rotatable bonds is 19. The number of urea groups is 1. The molecule has 0 spiro atoms. The normalized spacial score (nSPS) is 17.4. The highest BCUT2D eigenvalue weighted by molar-refractivity contribution is 7.13. The Morgan fingerprint density at radius 3 is 2.23 bits per heavy atom. The van der Waals surface area contributed by atoms with Crippen LogP contribution in [-0.4, -0.2) is 122 Å². The van der Waals surface area contributed by atoms with Gasteiger partial charge in [0.15, 0.2) is 5.78 Å². The number of amides is 6. The van der Waals surface area contributed by atoms with Crippen molar-refractivity contribution in [3.8, 4) is 10.4 Å². The monoisotopic (exact) mass is 1010 g/mol. The summed E-state index contributed by atoms with van der Waals surface area (Å²) in [6.45, 7) is 14.4. The lowest BCUT2D eigenvalue weighted by Crippen LogP contribution is -2.57. The lowest BCUT2D eigenvalue weighted by atomic mass is 9.85. The summed E-state index contributed by atoms with van der Waals surface area (Å²) in [7, 11) is 3.93. The minimum atomic E-state index is -0.960. The number of hydrogen-bond acceptors (Lipinski definition) is 11. The van der Waals surface area contributed by atoms with Crippen LogP contribution in [0.5, 0.6) is 0 Å². The minimum Gasteiger partial charge on any atom is -0.391 e. The number of β-amino-alcohol motifs (C(OH)–C–C–N with tert-alkyl or cyclic N) is 1. The van der Waals surface area contributed by atoms with E-state index in [1.54, 1.807) is 40.5 Å². The van der Waals surface area contributed by atoms with Gasteiger partial charge in [-0.1, -0.05) is 87.5 Å². The zero-order valence-corrected chi connectivity index (χ0v) is 44.2. The Morgan fingerprint density at radius 1 is 0.904 bits per heavy atom. The summed E-state index contributed by atoms with van der Waals surface area (Å²) >= 11 is 1.57. The molecule has 0 bridgehead atoms. The number of ketones is 1. The third-order valence-electron chi connectivity index (χ3n) is 13.8. The first kappa shape index (κ1) is 54.0. The van der Waals surface area contributed by atoms with Gasteiger partial charge < -0.3 is 41.1 Å². The van der Waals surface area contributed by atoms with Crippen molar-refractivity contribution in [3.63, 3.8) is 0 Å². The standard InChI is InChI=1S/C55H70N10O7S/c1-33(35-18-22-38(23-19-35)47-34(2)57-32-73-47)58-51(70)44-27-40(66)29-64(44)52(71)49(54(3,4)5)60-46(68)17-13-14-26-56-50(69)39-24-20-37(21-25-39)45(67)28-42-41-30-65(55(6,7)48(41)62-61-42)53(72)59-43(31-63(8)9)36-15-11-10-12-16-36/h10-12,15-16,18-25,32-33,40,43-44,49,66H,13-14,17,26-31H2,1-9H3,(H,56,69)(H,58,70)(H,59,72)(H,60,68)(H,61,62)/t33-,40+,43+,44-,49+/m0/s1. The maximum absolute atomic E-state index is 14.1. The van der Waals surface area contributed by atoms with E-state index in [0.29, 0.717) is 48.4 Å². The second kappa shape index (κ2) is 23.0. The molecule has 0 unspecified atom stereocenters. The molecule has 0 radical (unpaired) electrons. The third kappa shape index (κ3) is 12.9. The van der Waals surface area contributed by atoms with Gasteiger partial charge in [0, 0.05) is 54.9 Å². The predicted molar refractivity (Wildman–Crippen MR) is 280 cm³/mol. The molecule has 5 atom stereocenters. The highest BCUT2D eigenvalue weighted by Gasteiger charge is 2.46. The number of thiazole rings is 1. The summed E-state index contributed by atoms with van der Waals surface area (Å²) in [6, 6.07) is 21.5. The molecule has 6 amide bonds. The number of aliphatic hydroxyl groups is 1. The van der Waals surface area contributed by atoms with Crippen molar-refractivity contribution in [2.45, 2.75) is 123 Å². The van der Waals surface area contributed by atoms with Crippen molar-refractivity contribution in [2.75, 3.05) is 33.7 Å². The number of likely N-dealkylation sites (tertiary alicyclic amines) is 1. The van der Waals surface area contributed by atoms with Gasteiger partial charge in [-0.2, -0.15) is 5.10 Å². The molecule has 388 valence electrons. The Balaban J connectivity index is 0.855. The van der Waals surface area contributed by atoms with Crippen LogP contribution in [0.15, 0.2) is 84.4 Å². The van der Waals surface area contributed by atoms with Gasteiger partial charge in [0.2, 0.25) is 17.7 Å². The molecule has 17 nitrogen and oxygen atoms in total. The molecule has 0 saturated carbocycles. The van der Waals surface area contributed by atoms with E-state index >= 15 is 0 Å². The smallest absolute Gasteiger partial charge is 0.319 e. The number of aryl methyl sites for hydroxylation is 1. The largest absolute Gasteiger partial charge is 0.391 e. The number of nitrogens with one attached hydrogen (secondary N) is 5. The number of nitrogens with zero attached hydrogens (tertiary/aromatic N) is 5. The van der Waals surface area contributed by atoms with Gasteiger partial charge in [0.05, 0.1) is 58.5 Å². The number of Topliss-reactive ketones (excluding diaryl/α,β-unsaturated/α-hetero) is 1. The lowest BCUT2D eigenvalue weighted by molar-refractivity contribution is -0.144. The SMILES string of the molecule is Cc1ncsc1-c1ccc([C@H](C)NC(=O)[C@@H]2C[C@@H](O)CN2C(=O)[C@@H](NC(=O)CCCCNC(=O)c2ccc(C(=O)Cc3[nH]nc4c3CN(C(=O)N[C@H](CN(C)C)c3ccccc3)C4(C)C)cc2)C(C)(C)C)cc1. The molecule has 2 aliphatic heterocycles. The first-order valence-corrected chi connectivity index (χ1v) is 25.8. The number of carbonyl (C=O) groups excluding carboxylic acids is 6. The fourth-order valence-corrected chi connectivity index (χ4v) is 10.4. The van der Waals surface area contributed by atoms with Crippen molar-refractivity contribution >= 4 is 46.8 Å². The molecule has 1 saturated heterocycles. The molecule has 1 fully saturated rings. The van der Waals surface area contributed by atoms with Gasteiger partial charge in [0.1, 0.15) is 12.1 Å². The molecule has 73 heavy (non-hydrogen) atoms. The molecule has 7 rings (SSSR count). The van der Waals surface area contributed by atoms with Gasteiger partial charge >= 0.3 is 6.03 Å². The maximum atomic E-state index is 14.1. The zero-order valence-electron chi connectivity index (χ0n) is 43.4. The van der Waals surface area contributed by atoms with Crippen LogP contribution >= 0.6 is 11.3 Å². The molecular formula is C55H70N10O7S. The van der Waals surface area contributed by atoms with Crippen LogP contribution in [-0.2, 0) is 32.9 Å². The summed E-state index contributed by atoms with van der Waals surface area (Å²) in [5.74, 6) is -1.66. The predicted octanol–water partition coefficient (Wildman–Crippen LogP) is 6.60. The van der Waals surface area contributed by atoms with E-state index in [4.69, 9.17) is 0 Å². The number of benzene rings is 3. The summed E-state index contributed by atoms with van der Waals surface area (Å²) in [5, 5.41) is 30.3. The fraction of sp³-hybridized carbons (Fsp3) is 0.455. The van der Waals surface area contributed by atoms with Gasteiger partial charge in [-0.25, -0.2) is 9.78 Å². The number of H-pyrrole nitrogens is 1. The first-order chi connectivity index (χ1) is 34.6. The Morgan fingerprint density at radius 2 is 1.59 bits per heavy atom. The van der Waals surface area contributed by atoms with Crippen LogP contribution < -0.4 is 21.3 Å². The third-order valence-corrected chi connectivity index (χ3v) is 14.8. The van der Waals surface area contributed by atoms with Gasteiger partial charge in [-0.05, 0) is 88.9 Å². The average molecular weight is 1020 g/mol. The van der Waals surface area contributed by atoms with Crippen LogP contribution in [0.2, 0.25) is 0 Å². The van der Waals surface area contributed by atoms with Crippen LogP contribution in [0, 0.1) is 12.3 Å². The van der Waals surface area contributed by atoms with E-state index < -0.39 is 35.0 Å². The molecule has 2 aliphatic rings. The molecule has 6 N–H and O–H groups in total. The maximum Gasteiger partial charge on any atom is 0.319 e. The average Bonchev–Trinajstić information content (AvgIpc) is 4.14. The zero-order chi connectivity index (χ0) is 52.8.